The maximum atomic E-state index is 12.2. The molecule has 0 N–H and O–H groups in total. The van der Waals surface area contributed by atoms with Gasteiger partial charge in [0.05, 0.1) is 0 Å². The molecule has 0 amide bonds. The van der Waals surface area contributed by atoms with Crippen LogP contribution in [0.4, 0.5) is 0 Å². The summed E-state index contributed by atoms with van der Waals surface area (Å²) in [6.45, 7) is 6.16. The second-order valence-corrected chi connectivity index (χ2v) is 6.15. The van der Waals surface area contributed by atoms with Crippen molar-refractivity contribution in [3.63, 3.8) is 0 Å². The SMILES string of the molecule is CC1CC(=O)C(CN(C)Cc2ccncc2)C(C)C1. The van der Waals surface area contributed by atoms with Crippen LogP contribution in [-0.4, -0.2) is 29.3 Å². The van der Waals surface area contributed by atoms with Crippen molar-refractivity contribution < 1.29 is 4.79 Å². The Morgan fingerprint density at radius 2 is 2.00 bits per heavy atom. The molecule has 3 atom stereocenters. The minimum atomic E-state index is 0.211. The fourth-order valence-corrected chi connectivity index (χ4v) is 3.18. The molecule has 1 aliphatic rings. The Bertz CT molecular complexity index is 418. The Kier molecular flexibility index (Phi) is 4.70. The smallest absolute Gasteiger partial charge is 0.137 e. The highest BCUT2D eigenvalue weighted by atomic mass is 16.1. The van der Waals surface area contributed by atoms with Crippen molar-refractivity contribution >= 4 is 5.78 Å². The zero-order valence-corrected chi connectivity index (χ0v) is 12.2. The molecule has 0 aromatic carbocycles. The maximum Gasteiger partial charge on any atom is 0.137 e. The lowest BCUT2D eigenvalue weighted by molar-refractivity contribution is -0.128. The van der Waals surface area contributed by atoms with Gasteiger partial charge < -0.3 is 4.90 Å². The fourth-order valence-electron chi connectivity index (χ4n) is 3.18. The molecular weight excluding hydrogens is 236 g/mol. The first-order chi connectivity index (χ1) is 9.06. The van der Waals surface area contributed by atoms with E-state index in [0.29, 0.717) is 17.6 Å². The van der Waals surface area contributed by atoms with E-state index in [1.54, 1.807) is 0 Å². The number of aromatic nitrogens is 1. The highest BCUT2D eigenvalue weighted by molar-refractivity contribution is 5.82. The Labute approximate surface area is 116 Å². The van der Waals surface area contributed by atoms with Gasteiger partial charge in [0, 0.05) is 37.8 Å². The van der Waals surface area contributed by atoms with Gasteiger partial charge in [-0.3, -0.25) is 9.78 Å². The summed E-state index contributed by atoms with van der Waals surface area (Å²) in [5, 5.41) is 0. The minimum absolute atomic E-state index is 0.211. The van der Waals surface area contributed by atoms with Crippen LogP contribution in [0, 0.1) is 17.8 Å². The molecule has 0 saturated heterocycles. The summed E-state index contributed by atoms with van der Waals surface area (Å²) >= 11 is 0. The van der Waals surface area contributed by atoms with Crippen LogP contribution in [0.1, 0.15) is 32.3 Å². The molecule has 0 bridgehead atoms. The van der Waals surface area contributed by atoms with Crippen molar-refractivity contribution in [1.29, 1.82) is 0 Å². The van der Waals surface area contributed by atoms with E-state index < -0.39 is 0 Å². The van der Waals surface area contributed by atoms with E-state index in [-0.39, 0.29) is 5.92 Å². The lowest BCUT2D eigenvalue weighted by Crippen LogP contribution is -2.38. The highest BCUT2D eigenvalue weighted by Gasteiger charge is 2.32. The lowest BCUT2D eigenvalue weighted by atomic mass is 9.74. The largest absolute Gasteiger partial charge is 0.301 e. The third kappa shape index (κ3) is 3.87. The Morgan fingerprint density at radius 1 is 1.32 bits per heavy atom. The monoisotopic (exact) mass is 260 g/mol. The molecule has 2 rings (SSSR count). The lowest BCUT2D eigenvalue weighted by Gasteiger charge is -2.34. The average molecular weight is 260 g/mol. The van der Waals surface area contributed by atoms with E-state index in [0.717, 1.165) is 19.5 Å². The van der Waals surface area contributed by atoms with E-state index in [2.05, 4.69) is 30.8 Å². The molecule has 1 saturated carbocycles. The number of Topliss-reactive ketones (excluding diaryl/α,β-unsaturated/α-hetero) is 1. The van der Waals surface area contributed by atoms with Crippen molar-refractivity contribution in [2.24, 2.45) is 17.8 Å². The first-order valence-electron chi connectivity index (χ1n) is 7.16. The van der Waals surface area contributed by atoms with Gasteiger partial charge in [-0.1, -0.05) is 13.8 Å². The highest BCUT2D eigenvalue weighted by Crippen LogP contribution is 2.31. The second-order valence-electron chi connectivity index (χ2n) is 6.15. The predicted octanol–water partition coefficient (Wildman–Crippen LogP) is 2.76. The van der Waals surface area contributed by atoms with Gasteiger partial charge in [-0.2, -0.15) is 0 Å². The van der Waals surface area contributed by atoms with E-state index in [4.69, 9.17) is 0 Å². The normalized spacial score (nSPS) is 27.8. The summed E-state index contributed by atoms with van der Waals surface area (Å²) in [5.74, 6) is 1.73. The third-order valence-electron chi connectivity index (χ3n) is 4.13. The van der Waals surface area contributed by atoms with Crippen LogP contribution >= 0.6 is 0 Å². The number of hydrogen-bond acceptors (Lipinski definition) is 3. The topological polar surface area (TPSA) is 33.2 Å². The van der Waals surface area contributed by atoms with Crippen molar-refractivity contribution in [1.82, 2.24) is 9.88 Å². The van der Waals surface area contributed by atoms with Gasteiger partial charge in [0.15, 0.2) is 0 Å². The molecule has 0 spiro atoms. The zero-order chi connectivity index (χ0) is 13.8. The minimum Gasteiger partial charge on any atom is -0.301 e. The van der Waals surface area contributed by atoms with Crippen LogP contribution < -0.4 is 0 Å². The van der Waals surface area contributed by atoms with E-state index in [9.17, 15) is 4.79 Å². The second kappa shape index (κ2) is 6.29. The molecular formula is C16H24N2O. The number of pyridine rings is 1. The molecule has 0 radical (unpaired) electrons. The summed E-state index contributed by atoms with van der Waals surface area (Å²) in [7, 11) is 2.10. The van der Waals surface area contributed by atoms with Crippen LogP contribution in [0.5, 0.6) is 0 Å². The van der Waals surface area contributed by atoms with Gasteiger partial charge in [0.1, 0.15) is 5.78 Å². The first-order valence-corrected chi connectivity index (χ1v) is 7.16. The molecule has 1 fully saturated rings. The molecule has 3 unspecified atom stereocenters. The number of hydrogen-bond donors (Lipinski definition) is 0. The van der Waals surface area contributed by atoms with E-state index in [1.807, 2.05) is 24.5 Å². The van der Waals surface area contributed by atoms with Gasteiger partial charge in [0.25, 0.3) is 0 Å². The zero-order valence-electron chi connectivity index (χ0n) is 12.2. The van der Waals surface area contributed by atoms with Crippen LogP contribution in [0.15, 0.2) is 24.5 Å². The van der Waals surface area contributed by atoms with Gasteiger partial charge in [-0.15, -0.1) is 0 Å². The predicted molar refractivity (Wildman–Crippen MR) is 76.6 cm³/mol. The Morgan fingerprint density at radius 3 is 2.63 bits per heavy atom. The molecule has 3 nitrogen and oxygen atoms in total. The van der Waals surface area contributed by atoms with E-state index in [1.165, 1.54) is 12.0 Å². The fraction of sp³-hybridized carbons (Fsp3) is 0.625. The molecule has 104 valence electrons. The Balaban J connectivity index is 1.91. The number of nitrogens with zero attached hydrogens (tertiary/aromatic N) is 2. The maximum absolute atomic E-state index is 12.2. The molecule has 1 heterocycles. The van der Waals surface area contributed by atoms with Crippen molar-refractivity contribution in [3.05, 3.63) is 30.1 Å². The third-order valence-corrected chi connectivity index (χ3v) is 4.13. The number of carbonyl (C=O) groups is 1. The van der Waals surface area contributed by atoms with Crippen LogP contribution in [0.3, 0.4) is 0 Å². The van der Waals surface area contributed by atoms with Crippen molar-refractivity contribution in [3.8, 4) is 0 Å². The molecule has 19 heavy (non-hydrogen) atoms. The summed E-state index contributed by atoms with van der Waals surface area (Å²) in [6, 6.07) is 4.06. The average Bonchev–Trinajstić information content (AvgIpc) is 2.35. The van der Waals surface area contributed by atoms with Gasteiger partial charge in [-0.05, 0) is 43.0 Å². The van der Waals surface area contributed by atoms with Gasteiger partial charge >= 0.3 is 0 Å². The Hall–Kier alpha value is -1.22. The summed E-state index contributed by atoms with van der Waals surface area (Å²) in [6.07, 6.45) is 5.58. The molecule has 3 heteroatoms. The van der Waals surface area contributed by atoms with Crippen LogP contribution in [-0.2, 0) is 11.3 Å². The van der Waals surface area contributed by atoms with Crippen molar-refractivity contribution in [2.45, 2.75) is 33.2 Å². The van der Waals surface area contributed by atoms with Crippen LogP contribution in [0.25, 0.3) is 0 Å². The quantitative estimate of drug-likeness (QED) is 0.834. The number of ketones is 1. The summed E-state index contributed by atoms with van der Waals surface area (Å²) in [4.78, 5) is 18.4. The standard InChI is InChI=1S/C16H24N2O/c1-12-8-13(2)15(16(19)9-12)11-18(3)10-14-4-6-17-7-5-14/h4-7,12-13,15H,8-11H2,1-3H3. The first kappa shape index (κ1) is 14.2. The number of carbonyl (C=O) groups excluding carboxylic acids is 1. The molecule has 1 aliphatic carbocycles. The van der Waals surface area contributed by atoms with E-state index >= 15 is 0 Å². The summed E-state index contributed by atoms with van der Waals surface area (Å²) in [5.41, 5.74) is 1.25. The van der Waals surface area contributed by atoms with Gasteiger partial charge in [0.2, 0.25) is 0 Å². The molecule has 0 aliphatic heterocycles. The molecule has 1 aromatic rings. The van der Waals surface area contributed by atoms with Gasteiger partial charge in [-0.25, -0.2) is 0 Å². The summed E-state index contributed by atoms with van der Waals surface area (Å²) < 4.78 is 0. The molecule has 1 aromatic heterocycles. The number of rotatable bonds is 4. The van der Waals surface area contributed by atoms with Crippen molar-refractivity contribution in [2.75, 3.05) is 13.6 Å². The van der Waals surface area contributed by atoms with Crippen LogP contribution in [0.2, 0.25) is 0 Å².